The van der Waals surface area contributed by atoms with Crippen LogP contribution in [0.3, 0.4) is 0 Å². The molecule has 6 heteroatoms. The number of carbonyl (C=O) groups excluding carboxylic acids is 1. The highest BCUT2D eigenvalue weighted by Crippen LogP contribution is 2.32. The van der Waals surface area contributed by atoms with Gasteiger partial charge in [-0.05, 0) is 22.0 Å². The summed E-state index contributed by atoms with van der Waals surface area (Å²) in [5.74, 6) is -2.40. The topological polar surface area (TPSA) is 38.7 Å². The predicted octanol–water partition coefficient (Wildman–Crippen LogP) is 2.57. The van der Waals surface area contributed by atoms with E-state index in [0.717, 1.165) is 0 Å². The van der Waals surface area contributed by atoms with Gasteiger partial charge in [0, 0.05) is 5.56 Å². The minimum Gasteiger partial charge on any atom is -0.492 e. The summed E-state index contributed by atoms with van der Waals surface area (Å²) >= 11 is 3.01. The Labute approximate surface area is 92.9 Å². The second kappa shape index (κ2) is 5.00. The Morgan fingerprint density at radius 2 is 2.20 bits per heavy atom. The Balaban J connectivity index is 3.26. The van der Waals surface area contributed by atoms with E-state index in [-0.39, 0.29) is 22.3 Å². The number of nitrogens with zero attached hydrogens (tertiary/aromatic N) is 1. The summed E-state index contributed by atoms with van der Waals surface area (Å²) in [6.45, 7) is -0.255. The van der Waals surface area contributed by atoms with E-state index in [9.17, 15) is 13.6 Å². The predicted molar refractivity (Wildman–Crippen MR) is 52.4 cm³/mol. The van der Waals surface area contributed by atoms with Crippen LogP contribution >= 0.6 is 15.9 Å². The normalized spacial score (nSPS) is 9.60. The molecule has 0 aliphatic heterocycles. The van der Waals surface area contributed by atoms with Gasteiger partial charge in [0.1, 0.15) is 0 Å². The highest BCUT2D eigenvalue weighted by atomic mass is 79.9. The molecule has 0 fully saturated rings. The molecule has 0 amide bonds. The van der Waals surface area contributed by atoms with Gasteiger partial charge in [-0.2, -0.15) is 4.39 Å². The number of isocyanates is 1. The molecule has 0 aliphatic rings. The highest BCUT2D eigenvalue weighted by molar-refractivity contribution is 9.10. The Kier molecular flexibility index (Phi) is 3.94. The van der Waals surface area contributed by atoms with Gasteiger partial charge in [-0.15, -0.1) is 0 Å². The summed E-state index contributed by atoms with van der Waals surface area (Å²) in [5, 5.41) is 0. The van der Waals surface area contributed by atoms with Crippen LogP contribution in [0.25, 0.3) is 0 Å². The van der Waals surface area contributed by atoms with Crippen molar-refractivity contribution in [2.75, 3.05) is 7.11 Å². The van der Waals surface area contributed by atoms with Crippen LogP contribution in [-0.4, -0.2) is 13.2 Å². The summed E-state index contributed by atoms with van der Waals surface area (Å²) in [6, 6.07) is 1.30. The lowest BCUT2D eigenvalue weighted by Gasteiger charge is -2.08. The Bertz CT molecular complexity index is 431. The lowest BCUT2D eigenvalue weighted by atomic mass is 10.2. The van der Waals surface area contributed by atoms with Crippen molar-refractivity contribution in [1.29, 1.82) is 0 Å². The molecule has 0 saturated carbocycles. The number of benzene rings is 1. The van der Waals surface area contributed by atoms with Crippen molar-refractivity contribution in [2.45, 2.75) is 6.54 Å². The van der Waals surface area contributed by atoms with Gasteiger partial charge in [0.2, 0.25) is 11.9 Å². The fourth-order valence-corrected chi connectivity index (χ4v) is 1.66. The molecule has 0 aliphatic carbocycles. The molecule has 0 saturated heterocycles. The SMILES string of the molecule is COc1c(Br)cc(CN=C=O)c(F)c1F. The summed E-state index contributed by atoms with van der Waals surface area (Å²) < 4.78 is 31.5. The summed E-state index contributed by atoms with van der Waals surface area (Å²) in [5.41, 5.74) is -0.0384. The van der Waals surface area contributed by atoms with Gasteiger partial charge in [0.25, 0.3) is 0 Å². The standard InChI is InChI=1S/C9H6BrF2NO2/c1-15-9-6(10)2-5(3-13-4-14)7(11)8(9)12/h2H,3H2,1H3. The second-order valence-electron chi connectivity index (χ2n) is 2.59. The fourth-order valence-electron chi connectivity index (χ4n) is 1.05. The van der Waals surface area contributed by atoms with Crippen molar-refractivity contribution in [1.82, 2.24) is 0 Å². The molecule has 1 aromatic rings. The van der Waals surface area contributed by atoms with Gasteiger partial charge in [0.05, 0.1) is 18.1 Å². The average molecular weight is 278 g/mol. The van der Waals surface area contributed by atoms with Crippen molar-refractivity contribution in [3.05, 3.63) is 27.7 Å². The van der Waals surface area contributed by atoms with Crippen LogP contribution in [0.5, 0.6) is 5.75 Å². The first-order valence-corrected chi connectivity index (χ1v) is 4.65. The zero-order chi connectivity index (χ0) is 11.4. The van der Waals surface area contributed by atoms with Gasteiger partial charge in [-0.1, -0.05) is 0 Å². The van der Waals surface area contributed by atoms with Crippen molar-refractivity contribution in [3.8, 4) is 5.75 Å². The van der Waals surface area contributed by atoms with E-state index >= 15 is 0 Å². The molecule has 1 rings (SSSR count). The van der Waals surface area contributed by atoms with E-state index in [4.69, 9.17) is 0 Å². The van der Waals surface area contributed by atoms with Gasteiger partial charge in [-0.3, -0.25) is 0 Å². The molecule has 0 bridgehead atoms. The van der Waals surface area contributed by atoms with Crippen molar-refractivity contribution >= 4 is 22.0 Å². The van der Waals surface area contributed by atoms with Gasteiger partial charge < -0.3 is 4.74 Å². The molecule has 0 radical (unpaired) electrons. The Hall–Kier alpha value is -1.26. The van der Waals surface area contributed by atoms with Crippen LogP contribution in [-0.2, 0) is 11.3 Å². The molecule has 1 aromatic carbocycles. The fraction of sp³-hybridized carbons (Fsp3) is 0.222. The van der Waals surface area contributed by atoms with Crippen molar-refractivity contribution < 1.29 is 18.3 Å². The molecular weight excluding hydrogens is 272 g/mol. The maximum atomic E-state index is 13.3. The van der Waals surface area contributed by atoms with Crippen LogP contribution in [0.15, 0.2) is 15.5 Å². The molecule has 80 valence electrons. The molecule has 3 nitrogen and oxygen atoms in total. The van der Waals surface area contributed by atoms with E-state index in [1.807, 2.05) is 0 Å². The molecule has 0 heterocycles. The lowest BCUT2D eigenvalue weighted by molar-refractivity contribution is 0.367. The van der Waals surface area contributed by atoms with E-state index < -0.39 is 11.6 Å². The smallest absolute Gasteiger partial charge is 0.235 e. The number of aliphatic imine (C=N–C) groups is 1. The van der Waals surface area contributed by atoms with Crippen LogP contribution < -0.4 is 4.74 Å². The zero-order valence-corrected chi connectivity index (χ0v) is 9.27. The monoisotopic (exact) mass is 277 g/mol. The maximum Gasteiger partial charge on any atom is 0.235 e. The van der Waals surface area contributed by atoms with Gasteiger partial charge >= 0.3 is 0 Å². The molecule has 15 heavy (non-hydrogen) atoms. The minimum atomic E-state index is -1.11. The third kappa shape index (κ3) is 2.40. The first kappa shape index (κ1) is 11.8. The van der Waals surface area contributed by atoms with Crippen molar-refractivity contribution in [2.24, 2.45) is 4.99 Å². The Morgan fingerprint density at radius 1 is 1.53 bits per heavy atom. The number of ether oxygens (including phenoxy) is 1. The zero-order valence-electron chi connectivity index (χ0n) is 7.68. The molecule has 0 unspecified atom stereocenters. The van der Waals surface area contributed by atoms with E-state index in [1.54, 1.807) is 0 Å². The first-order chi connectivity index (χ1) is 7.11. The van der Waals surface area contributed by atoms with Gasteiger partial charge in [0.15, 0.2) is 11.6 Å². The molecular formula is C9H6BrF2NO2. The van der Waals surface area contributed by atoms with E-state index in [2.05, 4.69) is 25.7 Å². The van der Waals surface area contributed by atoms with E-state index in [1.165, 1.54) is 19.3 Å². The highest BCUT2D eigenvalue weighted by Gasteiger charge is 2.17. The number of hydrogen-bond acceptors (Lipinski definition) is 3. The first-order valence-electron chi connectivity index (χ1n) is 3.85. The Morgan fingerprint density at radius 3 is 2.73 bits per heavy atom. The average Bonchev–Trinajstić information content (AvgIpc) is 2.22. The van der Waals surface area contributed by atoms with Crippen LogP contribution in [0.4, 0.5) is 8.78 Å². The summed E-state index contributed by atoms with van der Waals surface area (Å²) in [6.07, 6.45) is 1.25. The maximum absolute atomic E-state index is 13.3. The third-order valence-electron chi connectivity index (χ3n) is 1.71. The molecule has 0 N–H and O–H groups in total. The van der Waals surface area contributed by atoms with E-state index in [0.29, 0.717) is 0 Å². The minimum absolute atomic E-state index is 0.0384. The van der Waals surface area contributed by atoms with Crippen LogP contribution in [0.2, 0.25) is 0 Å². The molecule has 0 aromatic heterocycles. The second-order valence-corrected chi connectivity index (χ2v) is 3.44. The van der Waals surface area contributed by atoms with Crippen molar-refractivity contribution in [3.63, 3.8) is 0 Å². The number of halogens is 3. The number of rotatable bonds is 3. The van der Waals surface area contributed by atoms with Crippen LogP contribution in [0, 0.1) is 11.6 Å². The quantitative estimate of drug-likeness (QED) is 0.484. The number of methoxy groups -OCH3 is 1. The summed E-state index contributed by atoms with van der Waals surface area (Å²) in [4.78, 5) is 13.0. The molecule has 0 spiro atoms. The number of hydrogen-bond donors (Lipinski definition) is 0. The molecule has 0 atom stereocenters. The summed E-state index contributed by atoms with van der Waals surface area (Å²) in [7, 11) is 1.23. The van der Waals surface area contributed by atoms with Gasteiger partial charge in [-0.25, -0.2) is 14.2 Å². The third-order valence-corrected chi connectivity index (χ3v) is 2.30. The van der Waals surface area contributed by atoms with Crippen LogP contribution in [0.1, 0.15) is 5.56 Å². The largest absolute Gasteiger partial charge is 0.492 e. The lowest BCUT2D eigenvalue weighted by Crippen LogP contribution is -1.98.